The number of aliphatic hydroxyl groups excluding tert-OH is 1. The lowest BCUT2D eigenvalue weighted by molar-refractivity contribution is 0.154. The average Bonchev–Trinajstić information content (AvgIpc) is 2.97. The van der Waals surface area contributed by atoms with Gasteiger partial charge >= 0.3 is 0 Å². The van der Waals surface area contributed by atoms with E-state index >= 15 is 0 Å². The zero-order valence-electron chi connectivity index (χ0n) is 12.5. The van der Waals surface area contributed by atoms with Crippen LogP contribution < -0.4 is 5.56 Å². The van der Waals surface area contributed by atoms with Gasteiger partial charge < -0.3 is 9.52 Å². The van der Waals surface area contributed by atoms with Crippen molar-refractivity contribution in [2.24, 2.45) is 0 Å². The lowest BCUT2D eigenvalue weighted by Crippen LogP contribution is -2.23. The van der Waals surface area contributed by atoms with E-state index in [1.54, 1.807) is 12.1 Å². The molecule has 0 saturated carbocycles. The molecule has 0 aliphatic rings. The minimum absolute atomic E-state index is 0.0394. The number of nitrogens with zero attached hydrogens (tertiary/aromatic N) is 2. The van der Waals surface area contributed by atoms with Gasteiger partial charge in [-0.25, -0.2) is 9.37 Å². The molecule has 0 fully saturated rings. The summed E-state index contributed by atoms with van der Waals surface area (Å²) in [6.07, 6.45) is 0.344. The molecule has 4 aromatic rings. The van der Waals surface area contributed by atoms with E-state index in [0.717, 1.165) is 5.39 Å². The van der Waals surface area contributed by atoms with Gasteiger partial charge in [-0.15, -0.1) is 0 Å². The largest absolute Gasteiger partial charge is 0.448 e. The van der Waals surface area contributed by atoms with Gasteiger partial charge in [-0.05, 0) is 29.8 Å². The van der Waals surface area contributed by atoms with Gasteiger partial charge in [0.1, 0.15) is 16.9 Å². The average molecular weight is 324 g/mol. The third-order valence-corrected chi connectivity index (χ3v) is 3.95. The molecule has 0 aliphatic carbocycles. The summed E-state index contributed by atoms with van der Waals surface area (Å²) in [5, 5.41) is 11.0. The Balaban J connectivity index is 1.76. The second kappa shape index (κ2) is 5.58. The van der Waals surface area contributed by atoms with Gasteiger partial charge in [0.15, 0.2) is 0 Å². The lowest BCUT2D eigenvalue weighted by Gasteiger charge is -2.12. The van der Waals surface area contributed by atoms with Crippen LogP contribution in [0.3, 0.4) is 0 Å². The predicted molar refractivity (Wildman–Crippen MR) is 87.1 cm³/mol. The first-order valence-electron chi connectivity index (χ1n) is 7.44. The smallest absolute Gasteiger partial charge is 0.297 e. The highest BCUT2D eigenvalue weighted by molar-refractivity contribution is 6.01. The van der Waals surface area contributed by atoms with Gasteiger partial charge in [0, 0.05) is 5.39 Å². The zero-order chi connectivity index (χ0) is 16.7. The minimum Gasteiger partial charge on any atom is -0.448 e. The Morgan fingerprint density at radius 1 is 1.21 bits per heavy atom. The van der Waals surface area contributed by atoms with E-state index in [4.69, 9.17) is 4.42 Å². The molecular weight excluding hydrogens is 311 g/mol. The summed E-state index contributed by atoms with van der Waals surface area (Å²) >= 11 is 0. The predicted octanol–water partition coefficient (Wildman–Crippen LogP) is 3.02. The van der Waals surface area contributed by atoms with E-state index in [-0.39, 0.29) is 17.7 Å². The molecule has 0 spiro atoms. The van der Waals surface area contributed by atoms with Crippen molar-refractivity contribution in [3.05, 3.63) is 76.6 Å². The van der Waals surface area contributed by atoms with Crippen molar-refractivity contribution in [2.45, 2.75) is 12.6 Å². The van der Waals surface area contributed by atoms with E-state index in [0.29, 0.717) is 16.7 Å². The Labute approximate surface area is 135 Å². The molecule has 4 rings (SSSR count). The van der Waals surface area contributed by atoms with Crippen molar-refractivity contribution < 1.29 is 13.9 Å². The molecule has 1 atom stereocenters. The van der Waals surface area contributed by atoms with Crippen molar-refractivity contribution in [3.63, 3.8) is 0 Å². The SMILES string of the molecule is O=c1c2oc3ccccc3c2ncn1CC(O)c1cccc(F)c1. The van der Waals surface area contributed by atoms with Crippen LogP contribution in [0.4, 0.5) is 4.39 Å². The maximum Gasteiger partial charge on any atom is 0.297 e. The van der Waals surface area contributed by atoms with Crippen LogP contribution in [0, 0.1) is 5.82 Å². The molecule has 0 bridgehead atoms. The van der Waals surface area contributed by atoms with Crippen molar-refractivity contribution in [2.75, 3.05) is 0 Å². The van der Waals surface area contributed by atoms with Crippen LogP contribution in [-0.2, 0) is 6.54 Å². The first-order chi connectivity index (χ1) is 11.6. The summed E-state index contributed by atoms with van der Waals surface area (Å²) in [6, 6.07) is 12.9. The molecule has 1 N–H and O–H groups in total. The topological polar surface area (TPSA) is 68.3 Å². The van der Waals surface area contributed by atoms with Gasteiger partial charge in [-0.2, -0.15) is 0 Å². The highest BCUT2D eigenvalue weighted by Gasteiger charge is 2.15. The molecule has 0 radical (unpaired) electrons. The Hall–Kier alpha value is -2.99. The molecule has 0 amide bonds. The fourth-order valence-electron chi connectivity index (χ4n) is 2.75. The summed E-state index contributed by atoms with van der Waals surface area (Å²) < 4.78 is 20.1. The molecule has 2 aromatic carbocycles. The first kappa shape index (κ1) is 14.6. The maximum absolute atomic E-state index is 13.3. The van der Waals surface area contributed by atoms with E-state index in [1.165, 1.54) is 29.1 Å². The maximum atomic E-state index is 13.3. The highest BCUT2D eigenvalue weighted by atomic mass is 19.1. The van der Waals surface area contributed by atoms with Crippen molar-refractivity contribution in [3.8, 4) is 0 Å². The monoisotopic (exact) mass is 324 g/mol. The second-order valence-corrected chi connectivity index (χ2v) is 5.55. The molecule has 0 aliphatic heterocycles. The number of aromatic nitrogens is 2. The number of fused-ring (bicyclic) bond motifs is 3. The fraction of sp³-hybridized carbons (Fsp3) is 0.111. The van der Waals surface area contributed by atoms with E-state index in [1.807, 2.05) is 18.2 Å². The van der Waals surface area contributed by atoms with Crippen LogP contribution in [0.2, 0.25) is 0 Å². The van der Waals surface area contributed by atoms with Crippen molar-refractivity contribution in [1.29, 1.82) is 0 Å². The molecule has 6 heteroatoms. The van der Waals surface area contributed by atoms with E-state index in [2.05, 4.69) is 4.98 Å². The molecule has 5 nitrogen and oxygen atoms in total. The number of benzene rings is 2. The van der Waals surface area contributed by atoms with Gasteiger partial charge in [0.25, 0.3) is 5.56 Å². The standard InChI is InChI=1S/C18H13FN2O3/c19-12-5-3-4-11(8-12)14(22)9-21-10-20-16-13-6-1-2-7-15(13)24-17(16)18(21)23/h1-8,10,14,22H,9H2. The Bertz CT molecular complexity index is 1100. The van der Waals surface area contributed by atoms with Crippen molar-refractivity contribution >= 4 is 22.1 Å². The molecule has 0 saturated heterocycles. The summed E-state index contributed by atoms with van der Waals surface area (Å²) in [5.41, 5.74) is 1.23. The third kappa shape index (κ3) is 2.37. The van der Waals surface area contributed by atoms with Gasteiger partial charge in [0.2, 0.25) is 5.58 Å². The molecule has 2 aromatic heterocycles. The number of aliphatic hydroxyl groups is 1. The Morgan fingerprint density at radius 3 is 2.88 bits per heavy atom. The Morgan fingerprint density at radius 2 is 2.04 bits per heavy atom. The highest BCUT2D eigenvalue weighted by Crippen LogP contribution is 2.24. The first-order valence-corrected chi connectivity index (χ1v) is 7.44. The Kier molecular flexibility index (Phi) is 3.39. The molecule has 2 heterocycles. The van der Waals surface area contributed by atoms with Crippen LogP contribution >= 0.6 is 0 Å². The summed E-state index contributed by atoms with van der Waals surface area (Å²) in [4.78, 5) is 16.9. The van der Waals surface area contributed by atoms with Gasteiger partial charge in [0.05, 0.1) is 19.0 Å². The number of furan rings is 1. The van der Waals surface area contributed by atoms with Crippen LogP contribution in [-0.4, -0.2) is 14.7 Å². The van der Waals surface area contributed by atoms with Crippen LogP contribution in [0.1, 0.15) is 11.7 Å². The lowest BCUT2D eigenvalue weighted by atomic mass is 10.1. The second-order valence-electron chi connectivity index (χ2n) is 5.55. The third-order valence-electron chi connectivity index (χ3n) is 3.95. The zero-order valence-corrected chi connectivity index (χ0v) is 12.5. The number of halogens is 1. The summed E-state index contributed by atoms with van der Waals surface area (Å²) in [5.74, 6) is -0.440. The number of rotatable bonds is 3. The normalized spacial score (nSPS) is 12.8. The van der Waals surface area contributed by atoms with E-state index in [9.17, 15) is 14.3 Å². The van der Waals surface area contributed by atoms with Crippen LogP contribution in [0.5, 0.6) is 0 Å². The van der Waals surface area contributed by atoms with E-state index < -0.39 is 11.9 Å². The number of para-hydroxylation sites is 1. The van der Waals surface area contributed by atoms with Gasteiger partial charge in [-0.3, -0.25) is 9.36 Å². The quantitative estimate of drug-likeness (QED) is 0.629. The summed E-state index contributed by atoms with van der Waals surface area (Å²) in [7, 11) is 0. The molecule has 24 heavy (non-hydrogen) atoms. The van der Waals surface area contributed by atoms with Gasteiger partial charge in [-0.1, -0.05) is 24.3 Å². The molecule has 120 valence electrons. The molecule has 1 unspecified atom stereocenters. The summed E-state index contributed by atoms with van der Waals surface area (Å²) in [6.45, 7) is -0.0394. The fourth-order valence-corrected chi connectivity index (χ4v) is 2.75. The van der Waals surface area contributed by atoms with Crippen LogP contribution in [0.15, 0.2) is 64.1 Å². The number of hydrogen-bond donors (Lipinski definition) is 1. The molecular formula is C18H13FN2O3. The minimum atomic E-state index is -1.03. The number of hydrogen-bond acceptors (Lipinski definition) is 4. The van der Waals surface area contributed by atoms with Crippen LogP contribution in [0.25, 0.3) is 22.1 Å². The van der Waals surface area contributed by atoms with Crippen molar-refractivity contribution in [1.82, 2.24) is 9.55 Å².